The number of nitrogens with one attached hydrogen (secondary N) is 3. The molecule has 9 nitrogen and oxygen atoms in total. The number of anilines is 1. The van der Waals surface area contributed by atoms with Crippen LogP contribution in [0.4, 0.5) is 18.9 Å². The molecule has 1 aliphatic rings. The Hall–Kier alpha value is -3.93. The molecule has 3 rings (SSSR count). The largest absolute Gasteiger partial charge is 0.484 e. The quantitative estimate of drug-likeness (QED) is 0.297. The van der Waals surface area contributed by atoms with Gasteiger partial charge in [-0.25, -0.2) is 5.43 Å². The first-order chi connectivity index (χ1) is 16.7. The molecule has 1 atom stereocenters. The molecular formula is C23H23F3N4O5. The van der Waals surface area contributed by atoms with Gasteiger partial charge in [0.1, 0.15) is 5.75 Å². The molecule has 0 saturated carbocycles. The zero-order valence-corrected chi connectivity index (χ0v) is 18.4. The Morgan fingerprint density at radius 2 is 1.91 bits per heavy atom. The lowest BCUT2D eigenvalue weighted by Gasteiger charge is -2.13. The number of benzene rings is 2. The number of alkyl halides is 3. The number of nitrogens with zero attached hydrogens (tertiary/aromatic N) is 1. The van der Waals surface area contributed by atoms with Crippen LogP contribution in [0.3, 0.4) is 0 Å². The molecule has 0 aromatic heterocycles. The number of amides is 3. The third-order valence-corrected chi connectivity index (χ3v) is 4.83. The van der Waals surface area contributed by atoms with E-state index in [1.807, 2.05) is 0 Å². The van der Waals surface area contributed by atoms with Gasteiger partial charge in [-0.05, 0) is 42.7 Å². The summed E-state index contributed by atoms with van der Waals surface area (Å²) in [5, 5.41) is 8.36. The molecule has 186 valence electrons. The minimum atomic E-state index is -4.61. The van der Waals surface area contributed by atoms with Gasteiger partial charge in [-0.1, -0.05) is 24.3 Å². The van der Waals surface area contributed by atoms with Crippen molar-refractivity contribution in [1.82, 2.24) is 10.7 Å². The maximum atomic E-state index is 13.0. The summed E-state index contributed by atoms with van der Waals surface area (Å²) in [6, 6.07) is 10.8. The maximum absolute atomic E-state index is 13.0. The third kappa shape index (κ3) is 8.10. The fourth-order valence-corrected chi connectivity index (χ4v) is 3.17. The maximum Gasteiger partial charge on any atom is 0.418 e. The lowest BCUT2D eigenvalue weighted by atomic mass is 10.1. The molecule has 0 aliphatic carbocycles. The Morgan fingerprint density at radius 1 is 1.11 bits per heavy atom. The van der Waals surface area contributed by atoms with E-state index >= 15 is 0 Å². The molecule has 1 aliphatic heterocycles. The fourth-order valence-electron chi connectivity index (χ4n) is 3.17. The Bertz CT molecular complexity index is 1080. The van der Waals surface area contributed by atoms with Crippen molar-refractivity contribution in [2.75, 3.05) is 25.1 Å². The van der Waals surface area contributed by atoms with Crippen LogP contribution >= 0.6 is 0 Å². The lowest BCUT2D eigenvalue weighted by Crippen LogP contribution is -2.41. The van der Waals surface area contributed by atoms with Crippen LogP contribution < -0.4 is 20.8 Å². The van der Waals surface area contributed by atoms with Crippen molar-refractivity contribution in [2.45, 2.75) is 25.1 Å². The second-order valence-electron chi connectivity index (χ2n) is 7.50. The van der Waals surface area contributed by atoms with Gasteiger partial charge < -0.3 is 20.1 Å². The van der Waals surface area contributed by atoms with E-state index in [4.69, 9.17) is 9.47 Å². The first-order valence-electron chi connectivity index (χ1n) is 10.6. The topological polar surface area (TPSA) is 118 Å². The smallest absolute Gasteiger partial charge is 0.418 e. The van der Waals surface area contributed by atoms with Crippen LogP contribution in [0.25, 0.3) is 0 Å². The van der Waals surface area contributed by atoms with Gasteiger partial charge in [0.05, 0.1) is 23.6 Å². The van der Waals surface area contributed by atoms with Crippen molar-refractivity contribution in [3.63, 3.8) is 0 Å². The molecule has 1 heterocycles. The Balaban J connectivity index is 1.46. The van der Waals surface area contributed by atoms with Gasteiger partial charge in [0, 0.05) is 13.2 Å². The Kier molecular flexibility index (Phi) is 8.79. The zero-order chi connectivity index (χ0) is 25.3. The highest BCUT2D eigenvalue weighted by molar-refractivity contribution is 6.35. The van der Waals surface area contributed by atoms with Crippen LogP contribution in [-0.4, -0.2) is 49.8 Å². The molecule has 0 radical (unpaired) electrons. The summed E-state index contributed by atoms with van der Waals surface area (Å²) >= 11 is 0. The van der Waals surface area contributed by atoms with E-state index in [0.717, 1.165) is 25.0 Å². The number of para-hydroxylation sites is 1. The molecule has 3 amide bonds. The fraction of sp³-hybridized carbons (Fsp3) is 0.304. The SMILES string of the molecule is O=C(COc1cccc(/C=N\NC(=O)C(=O)NC[C@@H]2CCCO2)c1)Nc1ccccc1C(F)(F)F. The average Bonchev–Trinajstić information content (AvgIpc) is 3.35. The van der Waals surface area contributed by atoms with Crippen molar-refractivity contribution in [1.29, 1.82) is 0 Å². The van der Waals surface area contributed by atoms with Crippen LogP contribution in [0, 0.1) is 0 Å². The summed E-state index contributed by atoms with van der Waals surface area (Å²) in [6.07, 6.45) is -1.71. The van der Waals surface area contributed by atoms with Crippen molar-refractivity contribution in [3.8, 4) is 5.75 Å². The summed E-state index contributed by atoms with van der Waals surface area (Å²) < 4.78 is 49.8. The van der Waals surface area contributed by atoms with Crippen molar-refractivity contribution in [2.24, 2.45) is 5.10 Å². The van der Waals surface area contributed by atoms with Gasteiger partial charge in [0.15, 0.2) is 6.61 Å². The minimum absolute atomic E-state index is 0.0977. The predicted molar refractivity (Wildman–Crippen MR) is 120 cm³/mol. The number of carbonyl (C=O) groups is 3. The van der Waals surface area contributed by atoms with Crippen molar-refractivity contribution >= 4 is 29.6 Å². The van der Waals surface area contributed by atoms with Gasteiger partial charge in [-0.2, -0.15) is 18.3 Å². The normalized spacial score (nSPS) is 15.6. The van der Waals surface area contributed by atoms with E-state index < -0.39 is 36.1 Å². The average molecular weight is 492 g/mol. The number of hydrogen-bond donors (Lipinski definition) is 3. The van der Waals surface area contributed by atoms with Gasteiger partial charge in [-0.15, -0.1) is 0 Å². The Labute approximate surface area is 198 Å². The predicted octanol–water partition coefficient (Wildman–Crippen LogP) is 2.47. The molecule has 0 unspecified atom stereocenters. The summed E-state index contributed by atoms with van der Waals surface area (Å²) in [6.45, 7) is 0.343. The number of hydrazone groups is 1. The van der Waals surface area contributed by atoms with Gasteiger partial charge in [-0.3, -0.25) is 14.4 Å². The van der Waals surface area contributed by atoms with Gasteiger partial charge in [0.25, 0.3) is 5.91 Å². The third-order valence-electron chi connectivity index (χ3n) is 4.83. The van der Waals surface area contributed by atoms with Gasteiger partial charge >= 0.3 is 18.0 Å². The first kappa shape index (κ1) is 25.7. The second kappa shape index (κ2) is 12.0. The molecule has 35 heavy (non-hydrogen) atoms. The zero-order valence-electron chi connectivity index (χ0n) is 18.4. The molecule has 12 heteroatoms. The highest BCUT2D eigenvalue weighted by Crippen LogP contribution is 2.34. The molecule has 0 bridgehead atoms. The minimum Gasteiger partial charge on any atom is -0.484 e. The molecule has 2 aromatic rings. The number of hydrogen-bond acceptors (Lipinski definition) is 6. The van der Waals surface area contributed by atoms with E-state index in [1.165, 1.54) is 30.5 Å². The molecule has 2 aromatic carbocycles. The van der Waals surface area contributed by atoms with E-state index in [-0.39, 0.29) is 24.1 Å². The molecule has 1 saturated heterocycles. The monoisotopic (exact) mass is 492 g/mol. The van der Waals surface area contributed by atoms with Crippen LogP contribution in [-0.2, 0) is 25.3 Å². The molecule has 3 N–H and O–H groups in total. The van der Waals surface area contributed by atoms with Crippen LogP contribution in [0.2, 0.25) is 0 Å². The van der Waals surface area contributed by atoms with E-state index in [9.17, 15) is 27.6 Å². The van der Waals surface area contributed by atoms with Crippen molar-refractivity contribution < 1.29 is 37.0 Å². The number of rotatable bonds is 8. The highest BCUT2D eigenvalue weighted by atomic mass is 19.4. The molecule has 0 spiro atoms. The van der Waals surface area contributed by atoms with Crippen LogP contribution in [0.15, 0.2) is 53.6 Å². The summed E-state index contributed by atoms with van der Waals surface area (Å²) in [5.74, 6) is -2.31. The Morgan fingerprint density at radius 3 is 2.66 bits per heavy atom. The van der Waals surface area contributed by atoms with E-state index in [0.29, 0.717) is 12.2 Å². The first-order valence-corrected chi connectivity index (χ1v) is 10.6. The van der Waals surface area contributed by atoms with E-state index in [2.05, 4.69) is 21.2 Å². The molecule has 1 fully saturated rings. The van der Waals surface area contributed by atoms with E-state index in [1.54, 1.807) is 12.1 Å². The standard InChI is InChI=1S/C23H23F3N4O5/c24-23(25,26)18-8-1-2-9-19(18)29-20(31)14-35-16-6-3-5-15(11-16)12-28-30-22(33)21(32)27-13-17-7-4-10-34-17/h1-3,5-6,8-9,11-12,17H,4,7,10,13-14H2,(H,27,32)(H,29,31)(H,30,33)/b28-12-/t17-/m0/s1. The second-order valence-corrected chi connectivity index (χ2v) is 7.50. The number of ether oxygens (including phenoxy) is 2. The molecular weight excluding hydrogens is 469 g/mol. The van der Waals surface area contributed by atoms with Crippen molar-refractivity contribution in [3.05, 3.63) is 59.7 Å². The summed E-state index contributed by atoms with van der Waals surface area (Å²) in [7, 11) is 0. The highest BCUT2D eigenvalue weighted by Gasteiger charge is 2.33. The number of halogens is 3. The van der Waals surface area contributed by atoms with Crippen LogP contribution in [0.1, 0.15) is 24.0 Å². The summed E-state index contributed by atoms with van der Waals surface area (Å²) in [4.78, 5) is 35.7. The van der Waals surface area contributed by atoms with Crippen LogP contribution in [0.5, 0.6) is 5.75 Å². The lowest BCUT2D eigenvalue weighted by molar-refractivity contribution is -0.139. The van der Waals surface area contributed by atoms with Gasteiger partial charge in [0.2, 0.25) is 0 Å². The summed E-state index contributed by atoms with van der Waals surface area (Å²) in [5.41, 5.74) is 1.24. The number of carbonyl (C=O) groups excluding carboxylic acids is 3.